The van der Waals surface area contributed by atoms with E-state index in [2.05, 4.69) is 15.0 Å². The molecule has 4 atom stereocenters. The number of aliphatic hydroxyl groups excluding tert-OH is 3. The minimum atomic E-state index is -1.27. The van der Waals surface area contributed by atoms with Crippen LogP contribution in [0.15, 0.2) is 30.6 Å². The van der Waals surface area contributed by atoms with Crippen molar-refractivity contribution in [2.24, 2.45) is 0 Å². The van der Waals surface area contributed by atoms with Crippen LogP contribution in [-0.4, -0.2) is 66.9 Å². The van der Waals surface area contributed by atoms with Crippen LogP contribution in [0.4, 0.5) is 5.95 Å². The Hall–Kier alpha value is -2.99. The molecule has 1 fully saturated rings. The van der Waals surface area contributed by atoms with Crippen LogP contribution in [-0.2, 0) is 11.3 Å². The van der Waals surface area contributed by atoms with Crippen LogP contribution in [0.2, 0.25) is 0 Å². The lowest BCUT2D eigenvalue weighted by Gasteiger charge is -2.16. The van der Waals surface area contributed by atoms with Crippen molar-refractivity contribution in [2.75, 3.05) is 19.5 Å². The number of nitrogens with zero attached hydrogens (tertiary/aromatic N) is 4. The Labute approximate surface area is 165 Å². The molecule has 1 aliphatic heterocycles. The Morgan fingerprint density at radius 3 is 2.59 bits per heavy atom. The predicted molar refractivity (Wildman–Crippen MR) is 100 cm³/mol. The van der Waals surface area contributed by atoms with Crippen molar-refractivity contribution in [1.29, 1.82) is 0 Å². The van der Waals surface area contributed by atoms with Crippen LogP contribution in [0.3, 0.4) is 0 Å². The van der Waals surface area contributed by atoms with Crippen molar-refractivity contribution >= 4 is 17.1 Å². The third-order valence-corrected chi connectivity index (χ3v) is 4.73. The minimum absolute atomic E-state index is 0.0456. The van der Waals surface area contributed by atoms with E-state index in [1.807, 2.05) is 24.3 Å². The van der Waals surface area contributed by atoms with Crippen molar-refractivity contribution in [3.05, 3.63) is 36.2 Å². The number of hydrogen-bond donors (Lipinski definition) is 4. The van der Waals surface area contributed by atoms with E-state index >= 15 is 0 Å². The summed E-state index contributed by atoms with van der Waals surface area (Å²) >= 11 is 0. The normalized spacial score (nSPS) is 24.1. The Morgan fingerprint density at radius 1 is 1.17 bits per heavy atom. The molecule has 4 unspecified atom stereocenters. The molecule has 3 heterocycles. The van der Waals surface area contributed by atoms with Gasteiger partial charge in [0, 0.05) is 0 Å². The molecule has 0 aliphatic carbocycles. The van der Waals surface area contributed by atoms with Gasteiger partial charge in [-0.1, -0.05) is 12.1 Å². The highest BCUT2D eigenvalue weighted by Gasteiger charge is 2.44. The van der Waals surface area contributed by atoms with E-state index in [4.69, 9.17) is 19.9 Å². The molecule has 29 heavy (non-hydrogen) atoms. The molecule has 4 rings (SSSR count). The molecule has 154 valence electrons. The minimum Gasteiger partial charge on any atom is -0.497 e. The van der Waals surface area contributed by atoms with Crippen LogP contribution < -0.4 is 15.2 Å². The summed E-state index contributed by atoms with van der Waals surface area (Å²) in [5.74, 6) is 0.865. The quantitative estimate of drug-likeness (QED) is 0.427. The lowest BCUT2D eigenvalue weighted by molar-refractivity contribution is -0.0511. The Balaban J connectivity index is 1.61. The summed E-state index contributed by atoms with van der Waals surface area (Å²) in [6.07, 6.45) is -3.04. The average Bonchev–Trinajstić information content (AvgIpc) is 3.27. The van der Waals surface area contributed by atoms with Crippen LogP contribution in [0.1, 0.15) is 11.8 Å². The third kappa shape index (κ3) is 3.56. The van der Waals surface area contributed by atoms with Crippen molar-refractivity contribution in [3.8, 4) is 11.6 Å². The Bertz CT molecular complexity index is 994. The first-order chi connectivity index (χ1) is 14.0. The van der Waals surface area contributed by atoms with Gasteiger partial charge in [0.2, 0.25) is 11.8 Å². The van der Waals surface area contributed by atoms with Gasteiger partial charge in [-0.25, -0.2) is 4.98 Å². The lowest BCUT2D eigenvalue weighted by atomic mass is 10.1. The van der Waals surface area contributed by atoms with Crippen molar-refractivity contribution in [2.45, 2.75) is 31.1 Å². The highest BCUT2D eigenvalue weighted by Crippen LogP contribution is 2.33. The molecule has 1 saturated heterocycles. The van der Waals surface area contributed by atoms with Gasteiger partial charge in [0.25, 0.3) is 0 Å². The largest absolute Gasteiger partial charge is 0.497 e. The topological polar surface area (TPSA) is 158 Å². The molecule has 0 amide bonds. The summed E-state index contributed by atoms with van der Waals surface area (Å²) < 4.78 is 17.9. The molecular weight excluding hydrogens is 382 g/mol. The molecule has 2 aromatic heterocycles. The SMILES string of the molecule is COc1ccc(COc2nc(N)nc3c2ncn3C2OC(CO)C(O)C2O)cc1. The van der Waals surface area contributed by atoms with Crippen LogP contribution >= 0.6 is 0 Å². The maximum Gasteiger partial charge on any atom is 0.247 e. The van der Waals surface area contributed by atoms with Crippen molar-refractivity contribution in [3.63, 3.8) is 0 Å². The number of aromatic nitrogens is 4. The van der Waals surface area contributed by atoms with Gasteiger partial charge in [-0.2, -0.15) is 9.97 Å². The molecule has 0 spiro atoms. The van der Waals surface area contributed by atoms with E-state index in [1.54, 1.807) is 7.11 Å². The number of anilines is 1. The standard InChI is InChI=1S/C18H21N5O6/c1-27-10-4-2-9(3-5-10)7-28-16-12-15(21-18(19)22-16)23(8-20-12)17-14(26)13(25)11(6-24)29-17/h2-5,8,11,13-14,17,24-26H,6-7H2,1H3,(H2,19,21,22). The molecule has 11 heteroatoms. The molecule has 0 saturated carbocycles. The molecule has 1 aliphatic rings. The predicted octanol–water partition coefficient (Wildman–Crippen LogP) is -0.392. The second kappa shape index (κ2) is 7.79. The fraction of sp³-hybridized carbons (Fsp3) is 0.389. The van der Waals surface area contributed by atoms with Gasteiger partial charge in [-0.15, -0.1) is 0 Å². The van der Waals surface area contributed by atoms with Crippen LogP contribution in [0.5, 0.6) is 11.6 Å². The van der Waals surface area contributed by atoms with Crippen LogP contribution in [0, 0.1) is 0 Å². The van der Waals surface area contributed by atoms with Gasteiger partial charge in [-0.3, -0.25) is 4.57 Å². The number of aliphatic hydroxyl groups is 3. The number of imidazole rings is 1. The molecule has 3 aromatic rings. The molecule has 0 radical (unpaired) electrons. The van der Waals surface area contributed by atoms with Gasteiger partial charge < -0.3 is 35.3 Å². The maximum atomic E-state index is 10.3. The molecule has 5 N–H and O–H groups in total. The first-order valence-electron chi connectivity index (χ1n) is 8.90. The third-order valence-electron chi connectivity index (χ3n) is 4.73. The van der Waals surface area contributed by atoms with Crippen molar-refractivity contribution < 1.29 is 29.5 Å². The molecule has 11 nitrogen and oxygen atoms in total. The molecule has 0 bridgehead atoms. The van der Waals surface area contributed by atoms with E-state index in [0.717, 1.165) is 11.3 Å². The number of nitrogen functional groups attached to an aromatic ring is 1. The zero-order chi connectivity index (χ0) is 20.5. The molecular formula is C18H21N5O6. The van der Waals surface area contributed by atoms with Gasteiger partial charge in [-0.05, 0) is 17.7 Å². The monoisotopic (exact) mass is 403 g/mol. The number of benzene rings is 1. The van der Waals surface area contributed by atoms with Gasteiger partial charge in [0.1, 0.15) is 30.7 Å². The van der Waals surface area contributed by atoms with E-state index in [9.17, 15) is 15.3 Å². The second-order valence-corrected chi connectivity index (χ2v) is 6.58. The first-order valence-corrected chi connectivity index (χ1v) is 8.90. The Kier molecular flexibility index (Phi) is 5.20. The van der Waals surface area contributed by atoms with Gasteiger partial charge in [0.05, 0.1) is 20.0 Å². The van der Waals surface area contributed by atoms with Crippen molar-refractivity contribution in [1.82, 2.24) is 19.5 Å². The number of hydrogen-bond acceptors (Lipinski definition) is 10. The van der Waals surface area contributed by atoms with E-state index in [1.165, 1.54) is 10.9 Å². The zero-order valence-electron chi connectivity index (χ0n) is 15.5. The summed E-state index contributed by atoms with van der Waals surface area (Å²) in [6.45, 7) is -0.217. The molecule has 1 aromatic carbocycles. The zero-order valence-corrected chi connectivity index (χ0v) is 15.5. The fourth-order valence-electron chi connectivity index (χ4n) is 3.18. The van der Waals surface area contributed by atoms with Gasteiger partial charge >= 0.3 is 0 Å². The van der Waals surface area contributed by atoms with Gasteiger partial charge in [0.15, 0.2) is 17.4 Å². The maximum absolute atomic E-state index is 10.3. The average molecular weight is 403 g/mol. The summed E-state index contributed by atoms with van der Waals surface area (Å²) in [4.78, 5) is 12.5. The number of rotatable bonds is 6. The smallest absolute Gasteiger partial charge is 0.247 e. The lowest BCUT2D eigenvalue weighted by Crippen LogP contribution is -2.33. The number of fused-ring (bicyclic) bond motifs is 1. The number of nitrogens with two attached hydrogens (primary N) is 1. The highest BCUT2D eigenvalue weighted by molar-refractivity contribution is 5.77. The van der Waals surface area contributed by atoms with E-state index in [-0.39, 0.29) is 24.1 Å². The van der Waals surface area contributed by atoms with E-state index in [0.29, 0.717) is 5.52 Å². The first kappa shape index (κ1) is 19.3. The highest BCUT2D eigenvalue weighted by atomic mass is 16.6. The summed E-state index contributed by atoms with van der Waals surface area (Å²) in [7, 11) is 1.59. The summed E-state index contributed by atoms with van der Waals surface area (Å²) in [6, 6.07) is 7.36. The van der Waals surface area contributed by atoms with E-state index < -0.39 is 31.1 Å². The number of methoxy groups -OCH3 is 1. The summed E-state index contributed by atoms with van der Waals surface area (Å²) in [5.41, 5.74) is 7.31. The second-order valence-electron chi connectivity index (χ2n) is 6.58. The Morgan fingerprint density at radius 2 is 1.93 bits per heavy atom. The fourth-order valence-corrected chi connectivity index (χ4v) is 3.18. The summed E-state index contributed by atoms with van der Waals surface area (Å²) in [5, 5.41) is 29.6. The number of ether oxygens (including phenoxy) is 3. The van der Waals surface area contributed by atoms with Crippen LogP contribution in [0.25, 0.3) is 11.2 Å².